The van der Waals surface area contributed by atoms with Crippen LogP contribution >= 0.6 is 0 Å². The van der Waals surface area contributed by atoms with Gasteiger partial charge in [0.15, 0.2) is 0 Å². The lowest BCUT2D eigenvalue weighted by Gasteiger charge is -2.35. The Balaban J connectivity index is 2.15. The van der Waals surface area contributed by atoms with Gasteiger partial charge < -0.3 is 20.7 Å². The van der Waals surface area contributed by atoms with Crippen LogP contribution in [-0.4, -0.2) is 57.8 Å². The van der Waals surface area contributed by atoms with Crippen molar-refractivity contribution in [2.24, 2.45) is 11.1 Å². The molecule has 0 aromatic carbocycles. The SMILES string of the molecule is COCCN(C)CCCNC(=O)CC1(CN)CCCCC1. The van der Waals surface area contributed by atoms with Gasteiger partial charge >= 0.3 is 0 Å². The number of amides is 1. The molecule has 0 aromatic rings. The lowest BCUT2D eigenvalue weighted by Crippen LogP contribution is -2.39. The molecule has 1 amide bonds. The molecule has 0 atom stereocenters. The Hall–Kier alpha value is -0.650. The molecule has 0 bridgehead atoms. The van der Waals surface area contributed by atoms with Crippen molar-refractivity contribution in [1.29, 1.82) is 0 Å². The minimum atomic E-state index is 0.0671. The van der Waals surface area contributed by atoms with Crippen molar-refractivity contribution in [2.45, 2.75) is 44.9 Å². The van der Waals surface area contributed by atoms with Gasteiger partial charge in [0.05, 0.1) is 6.61 Å². The normalized spacial score (nSPS) is 17.9. The number of carbonyl (C=O) groups is 1. The molecule has 0 saturated heterocycles. The van der Waals surface area contributed by atoms with Crippen LogP contribution in [0.4, 0.5) is 0 Å². The Morgan fingerprint density at radius 3 is 2.62 bits per heavy atom. The highest BCUT2D eigenvalue weighted by Gasteiger charge is 2.32. The van der Waals surface area contributed by atoms with E-state index in [4.69, 9.17) is 10.5 Å². The number of nitrogens with two attached hydrogens (primary N) is 1. The summed E-state index contributed by atoms with van der Waals surface area (Å²) in [5.74, 6) is 0.168. The summed E-state index contributed by atoms with van der Waals surface area (Å²) in [5, 5.41) is 3.05. The first kappa shape index (κ1) is 18.4. The number of likely N-dealkylation sites (N-methyl/N-ethyl adjacent to an activating group) is 1. The number of rotatable bonds is 10. The second-order valence-electron chi connectivity index (χ2n) is 6.44. The Labute approximate surface area is 129 Å². The smallest absolute Gasteiger partial charge is 0.220 e. The molecular formula is C16H33N3O2. The van der Waals surface area contributed by atoms with E-state index in [1.807, 2.05) is 0 Å². The van der Waals surface area contributed by atoms with Gasteiger partial charge in [-0.1, -0.05) is 19.3 Å². The molecule has 3 N–H and O–H groups in total. The van der Waals surface area contributed by atoms with E-state index in [0.29, 0.717) is 13.0 Å². The minimum Gasteiger partial charge on any atom is -0.383 e. The summed E-state index contributed by atoms with van der Waals surface area (Å²) in [6.45, 7) is 4.05. The highest BCUT2D eigenvalue weighted by Crippen LogP contribution is 2.38. The third kappa shape index (κ3) is 7.25. The highest BCUT2D eigenvalue weighted by atomic mass is 16.5. The van der Waals surface area contributed by atoms with Gasteiger partial charge in [0, 0.05) is 26.6 Å². The van der Waals surface area contributed by atoms with Crippen LogP contribution in [0.15, 0.2) is 0 Å². The first-order valence-electron chi connectivity index (χ1n) is 8.26. The number of carbonyl (C=O) groups excluding carboxylic acids is 1. The number of ether oxygens (including phenoxy) is 1. The minimum absolute atomic E-state index is 0.0671. The molecule has 5 heteroatoms. The lowest BCUT2D eigenvalue weighted by atomic mass is 9.71. The quantitative estimate of drug-likeness (QED) is 0.598. The van der Waals surface area contributed by atoms with E-state index in [-0.39, 0.29) is 11.3 Å². The van der Waals surface area contributed by atoms with Gasteiger partial charge in [0.1, 0.15) is 0 Å². The molecule has 0 radical (unpaired) electrons. The third-order valence-corrected chi connectivity index (χ3v) is 4.60. The zero-order valence-corrected chi connectivity index (χ0v) is 13.8. The van der Waals surface area contributed by atoms with Crippen LogP contribution in [0.5, 0.6) is 0 Å². The molecule has 1 fully saturated rings. The van der Waals surface area contributed by atoms with E-state index in [1.54, 1.807) is 7.11 Å². The zero-order chi connectivity index (χ0) is 15.6. The van der Waals surface area contributed by atoms with Gasteiger partial charge in [0.2, 0.25) is 5.91 Å². The van der Waals surface area contributed by atoms with Gasteiger partial charge in [-0.3, -0.25) is 4.79 Å². The van der Waals surface area contributed by atoms with Crippen molar-refractivity contribution in [1.82, 2.24) is 10.2 Å². The average molecular weight is 299 g/mol. The highest BCUT2D eigenvalue weighted by molar-refractivity contribution is 5.76. The van der Waals surface area contributed by atoms with E-state index in [2.05, 4.69) is 17.3 Å². The molecule has 0 heterocycles. The summed E-state index contributed by atoms with van der Waals surface area (Å²) < 4.78 is 5.04. The van der Waals surface area contributed by atoms with E-state index >= 15 is 0 Å². The third-order valence-electron chi connectivity index (χ3n) is 4.60. The molecule has 124 valence electrons. The van der Waals surface area contributed by atoms with Crippen LogP contribution in [0, 0.1) is 5.41 Å². The summed E-state index contributed by atoms with van der Waals surface area (Å²) >= 11 is 0. The van der Waals surface area contributed by atoms with Crippen LogP contribution in [-0.2, 0) is 9.53 Å². The van der Waals surface area contributed by atoms with Gasteiger partial charge in [-0.15, -0.1) is 0 Å². The monoisotopic (exact) mass is 299 g/mol. The second kappa shape index (κ2) is 10.1. The van der Waals surface area contributed by atoms with Crippen LogP contribution in [0.3, 0.4) is 0 Å². The van der Waals surface area contributed by atoms with Crippen molar-refractivity contribution in [3.63, 3.8) is 0 Å². The molecule has 0 aromatic heterocycles. The van der Waals surface area contributed by atoms with Crippen molar-refractivity contribution >= 4 is 5.91 Å². The van der Waals surface area contributed by atoms with Gasteiger partial charge in [-0.2, -0.15) is 0 Å². The predicted molar refractivity (Wildman–Crippen MR) is 86.2 cm³/mol. The van der Waals surface area contributed by atoms with Crippen LogP contribution < -0.4 is 11.1 Å². The maximum atomic E-state index is 12.1. The van der Waals surface area contributed by atoms with E-state index in [1.165, 1.54) is 19.3 Å². The first-order chi connectivity index (χ1) is 10.1. The van der Waals surface area contributed by atoms with Crippen LogP contribution in [0.1, 0.15) is 44.9 Å². The van der Waals surface area contributed by atoms with Crippen LogP contribution in [0.25, 0.3) is 0 Å². The zero-order valence-electron chi connectivity index (χ0n) is 13.8. The summed E-state index contributed by atoms with van der Waals surface area (Å²) in [6, 6.07) is 0. The van der Waals surface area contributed by atoms with E-state index in [0.717, 1.165) is 45.5 Å². The number of methoxy groups -OCH3 is 1. The summed E-state index contributed by atoms with van der Waals surface area (Å²) in [4.78, 5) is 14.3. The Kier molecular flexibility index (Phi) is 8.88. The molecule has 1 saturated carbocycles. The fraction of sp³-hybridized carbons (Fsp3) is 0.938. The fourth-order valence-electron chi connectivity index (χ4n) is 3.09. The molecule has 21 heavy (non-hydrogen) atoms. The Morgan fingerprint density at radius 2 is 2.00 bits per heavy atom. The number of nitrogens with one attached hydrogen (secondary N) is 1. The predicted octanol–water partition coefficient (Wildman–Crippen LogP) is 1.37. The molecule has 1 rings (SSSR count). The first-order valence-corrected chi connectivity index (χ1v) is 8.26. The summed E-state index contributed by atoms with van der Waals surface area (Å²) in [6.07, 6.45) is 7.51. The lowest BCUT2D eigenvalue weighted by molar-refractivity contribution is -0.123. The maximum Gasteiger partial charge on any atom is 0.220 e. The standard InChI is InChI=1S/C16H33N3O2/c1-19(11-12-21-2)10-6-9-18-15(20)13-16(14-17)7-4-3-5-8-16/h3-14,17H2,1-2H3,(H,18,20). The number of nitrogens with zero attached hydrogens (tertiary/aromatic N) is 1. The summed E-state index contributed by atoms with van der Waals surface area (Å²) in [7, 11) is 3.79. The molecule has 1 aliphatic carbocycles. The molecule has 5 nitrogen and oxygen atoms in total. The topological polar surface area (TPSA) is 67.6 Å². The average Bonchev–Trinajstić information content (AvgIpc) is 2.50. The summed E-state index contributed by atoms with van der Waals surface area (Å²) in [5.41, 5.74) is 6.00. The van der Waals surface area contributed by atoms with Crippen molar-refractivity contribution in [3.8, 4) is 0 Å². The molecule has 0 aliphatic heterocycles. The largest absolute Gasteiger partial charge is 0.383 e. The Bertz CT molecular complexity index is 291. The second-order valence-corrected chi connectivity index (χ2v) is 6.44. The molecular weight excluding hydrogens is 266 g/mol. The van der Waals surface area contributed by atoms with Gasteiger partial charge in [0.25, 0.3) is 0 Å². The Morgan fingerprint density at radius 1 is 1.29 bits per heavy atom. The molecule has 0 unspecified atom stereocenters. The fourth-order valence-corrected chi connectivity index (χ4v) is 3.09. The molecule has 0 spiro atoms. The van der Waals surface area contributed by atoms with E-state index < -0.39 is 0 Å². The molecule has 1 aliphatic rings. The number of hydrogen-bond donors (Lipinski definition) is 2. The maximum absolute atomic E-state index is 12.1. The van der Waals surface area contributed by atoms with Crippen molar-refractivity contribution in [3.05, 3.63) is 0 Å². The number of hydrogen-bond acceptors (Lipinski definition) is 4. The van der Waals surface area contributed by atoms with Crippen LogP contribution in [0.2, 0.25) is 0 Å². The van der Waals surface area contributed by atoms with Gasteiger partial charge in [-0.25, -0.2) is 0 Å². The van der Waals surface area contributed by atoms with Crippen molar-refractivity contribution in [2.75, 3.05) is 46.9 Å². The van der Waals surface area contributed by atoms with E-state index in [9.17, 15) is 4.79 Å². The van der Waals surface area contributed by atoms with Gasteiger partial charge in [-0.05, 0) is 44.8 Å². The van der Waals surface area contributed by atoms with Crippen molar-refractivity contribution < 1.29 is 9.53 Å².